The highest BCUT2D eigenvalue weighted by molar-refractivity contribution is 6.02. The Labute approximate surface area is 178 Å². The quantitative estimate of drug-likeness (QED) is 0.484. The van der Waals surface area contributed by atoms with Gasteiger partial charge >= 0.3 is 11.9 Å². The monoisotopic (exact) mass is 422 g/mol. The molecule has 8 nitrogen and oxygen atoms in total. The molecular formula is C23H22N2O6. The number of rotatable bonds is 6. The highest BCUT2D eigenvalue weighted by Crippen LogP contribution is 2.26. The van der Waals surface area contributed by atoms with Crippen LogP contribution in [0.2, 0.25) is 0 Å². The van der Waals surface area contributed by atoms with E-state index < -0.39 is 23.5 Å². The van der Waals surface area contributed by atoms with Crippen LogP contribution in [0.4, 0.5) is 0 Å². The summed E-state index contributed by atoms with van der Waals surface area (Å²) < 4.78 is 10.8. The van der Waals surface area contributed by atoms with Crippen molar-refractivity contribution in [3.8, 4) is 11.6 Å². The van der Waals surface area contributed by atoms with E-state index in [2.05, 4.69) is 9.73 Å². The van der Waals surface area contributed by atoms with E-state index in [4.69, 9.17) is 4.74 Å². The number of methoxy groups -OCH3 is 1. The first-order chi connectivity index (χ1) is 14.9. The van der Waals surface area contributed by atoms with Crippen LogP contribution in [0.25, 0.3) is 16.5 Å². The Bertz CT molecular complexity index is 1210. The molecule has 0 spiro atoms. The van der Waals surface area contributed by atoms with E-state index in [0.29, 0.717) is 22.0 Å². The molecule has 1 heterocycles. The molecule has 1 N–H and O–H groups in total. The molecule has 0 saturated heterocycles. The largest absolute Gasteiger partial charge is 0.494 e. The van der Waals surface area contributed by atoms with E-state index in [9.17, 15) is 19.5 Å². The predicted octanol–water partition coefficient (Wildman–Crippen LogP) is 2.85. The van der Waals surface area contributed by atoms with Crippen LogP contribution in [0, 0.1) is 0 Å². The van der Waals surface area contributed by atoms with Gasteiger partial charge in [0.2, 0.25) is 5.88 Å². The number of esters is 2. The highest BCUT2D eigenvalue weighted by atomic mass is 16.5. The van der Waals surface area contributed by atoms with E-state index in [1.54, 1.807) is 50.2 Å². The summed E-state index contributed by atoms with van der Waals surface area (Å²) >= 11 is 0. The van der Waals surface area contributed by atoms with Gasteiger partial charge in [-0.1, -0.05) is 18.2 Å². The lowest BCUT2D eigenvalue weighted by Gasteiger charge is -2.14. The van der Waals surface area contributed by atoms with Crippen molar-refractivity contribution >= 4 is 28.9 Å². The second-order valence-corrected chi connectivity index (χ2v) is 6.67. The number of aromatic nitrogens is 1. The van der Waals surface area contributed by atoms with Crippen LogP contribution in [-0.2, 0) is 14.3 Å². The van der Waals surface area contributed by atoms with Crippen LogP contribution in [0.15, 0.2) is 58.3 Å². The Morgan fingerprint density at radius 3 is 2.39 bits per heavy atom. The number of carbonyl (C=O) groups is 2. The third-order valence-corrected chi connectivity index (χ3v) is 4.71. The fourth-order valence-electron chi connectivity index (χ4n) is 3.11. The topological polar surface area (TPSA) is 107 Å². The molecule has 0 bridgehead atoms. The summed E-state index contributed by atoms with van der Waals surface area (Å²) in [5.74, 6) is -1.34. The number of nitrogens with zero attached hydrogens (tertiary/aromatic N) is 2. The smallest absolute Gasteiger partial charge is 0.338 e. The van der Waals surface area contributed by atoms with Crippen LogP contribution in [0.1, 0.15) is 29.8 Å². The van der Waals surface area contributed by atoms with Crippen molar-refractivity contribution in [2.24, 2.45) is 4.99 Å². The standard InChI is InChI=1S/C23H22N2O6/c1-4-31-23(29)15-9-11-16(12-10-15)25-20(26)18-8-6-5-7-17(18)19(21(25)27)13-24-14(2)22(28)30-3/h5-14,27H,4H2,1-3H3/t14-/m0/s1. The van der Waals surface area contributed by atoms with Crippen LogP contribution in [0.3, 0.4) is 0 Å². The van der Waals surface area contributed by atoms with E-state index >= 15 is 0 Å². The Kier molecular flexibility index (Phi) is 6.49. The van der Waals surface area contributed by atoms with Gasteiger partial charge in [-0.05, 0) is 44.2 Å². The molecule has 3 rings (SSSR count). The molecule has 3 aromatic rings. The van der Waals surface area contributed by atoms with Crippen LogP contribution in [-0.4, -0.2) is 47.6 Å². The molecule has 0 fully saturated rings. The molecule has 0 aliphatic heterocycles. The SMILES string of the molecule is CCOC(=O)c1ccc(-n2c(O)c(C=N[C@@H](C)C(=O)OC)c3ccccc3c2=O)cc1. The molecule has 0 aliphatic rings. The maximum atomic E-state index is 13.1. The Hall–Kier alpha value is -3.94. The van der Waals surface area contributed by atoms with Crippen molar-refractivity contribution < 1.29 is 24.2 Å². The Balaban J connectivity index is 2.17. The number of aliphatic imine (C=N–C) groups is 1. The van der Waals surface area contributed by atoms with Gasteiger partial charge in [-0.2, -0.15) is 0 Å². The number of ether oxygens (including phenoxy) is 2. The molecule has 0 unspecified atom stereocenters. The van der Waals surface area contributed by atoms with Crippen molar-refractivity contribution in [2.75, 3.05) is 13.7 Å². The molecule has 31 heavy (non-hydrogen) atoms. The lowest BCUT2D eigenvalue weighted by molar-refractivity contribution is -0.141. The molecule has 0 amide bonds. The third kappa shape index (κ3) is 4.32. The Morgan fingerprint density at radius 1 is 1.13 bits per heavy atom. The van der Waals surface area contributed by atoms with Crippen molar-refractivity contribution in [3.63, 3.8) is 0 Å². The lowest BCUT2D eigenvalue weighted by Crippen LogP contribution is -2.21. The second-order valence-electron chi connectivity index (χ2n) is 6.67. The molecule has 0 radical (unpaired) electrons. The van der Waals surface area contributed by atoms with E-state index in [1.807, 2.05) is 0 Å². The van der Waals surface area contributed by atoms with Crippen LogP contribution >= 0.6 is 0 Å². The van der Waals surface area contributed by atoms with Gasteiger partial charge < -0.3 is 14.6 Å². The van der Waals surface area contributed by atoms with Crippen molar-refractivity contribution in [1.82, 2.24) is 4.57 Å². The summed E-state index contributed by atoms with van der Waals surface area (Å²) in [5.41, 5.74) is 0.528. The summed E-state index contributed by atoms with van der Waals surface area (Å²) in [7, 11) is 1.27. The average Bonchev–Trinajstić information content (AvgIpc) is 2.79. The van der Waals surface area contributed by atoms with Crippen molar-refractivity contribution in [3.05, 3.63) is 70.0 Å². The molecule has 1 atom stereocenters. The first kappa shape index (κ1) is 21.8. The number of aromatic hydroxyl groups is 1. The van der Waals surface area contributed by atoms with Gasteiger partial charge in [0, 0.05) is 17.0 Å². The number of fused-ring (bicyclic) bond motifs is 1. The molecule has 1 aromatic heterocycles. The van der Waals surface area contributed by atoms with Crippen molar-refractivity contribution in [2.45, 2.75) is 19.9 Å². The van der Waals surface area contributed by atoms with Gasteiger partial charge in [0.25, 0.3) is 5.56 Å². The minimum absolute atomic E-state index is 0.248. The zero-order chi connectivity index (χ0) is 22.5. The maximum Gasteiger partial charge on any atom is 0.338 e. The second kappa shape index (κ2) is 9.25. The number of benzene rings is 2. The normalized spacial score (nSPS) is 12.1. The summed E-state index contributed by atoms with van der Waals surface area (Å²) in [6, 6.07) is 12.1. The predicted molar refractivity (Wildman–Crippen MR) is 116 cm³/mol. The first-order valence-electron chi connectivity index (χ1n) is 9.64. The highest BCUT2D eigenvalue weighted by Gasteiger charge is 2.18. The molecule has 8 heteroatoms. The first-order valence-corrected chi connectivity index (χ1v) is 9.64. The van der Waals surface area contributed by atoms with Gasteiger partial charge in [-0.3, -0.25) is 9.79 Å². The van der Waals surface area contributed by atoms with Gasteiger partial charge in [-0.15, -0.1) is 0 Å². The third-order valence-electron chi connectivity index (χ3n) is 4.71. The van der Waals surface area contributed by atoms with Crippen molar-refractivity contribution in [1.29, 1.82) is 0 Å². The molecular weight excluding hydrogens is 400 g/mol. The fourth-order valence-corrected chi connectivity index (χ4v) is 3.11. The summed E-state index contributed by atoms with van der Waals surface area (Å²) in [4.78, 5) is 40.8. The summed E-state index contributed by atoms with van der Waals surface area (Å²) in [6.45, 7) is 3.52. The van der Waals surface area contributed by atoms with Gasteiger partial charge in [0.05, 0.1) is 30.5 Å². The van der Waals surface area contributed by atoms with Gasteiger partial charge in [0.1, 0.15) is 6.04 Å². The summed E-state index contributed by atoms with van der Waals surface area (Å²) in [5, 5.41) is 11.8. The van der Waals surface area contributed by atoms with E-state index in [1.165, 1.54) is 25.5 Å². The van der Waals surface area contributed by atoms with Gasteiger partial charge in [0.15, 0.2) is 0 Å². The lowest BCUT2D eigenvalue weighted by atomic mass is 10.1. The number of pyridine rings is 1. The van der Waals surface area contributed by atoms with Crippen LogP contribution in [0.5, 0.6) is 5.88 Å². The zero-order valence-corrected chi connectivity index (χ0v) is 17.4. The minimum Gasteiger partial charge on any atom is -0.494 e. The van der Waals surface area contributed by atoms with Crippen LogP contribution < -0.4 is 5.56 Å². The summed E-state index contributed by atoms with van der Waals surface area (Å²) in [6.07, 6.45) is 1.35. The maximum absolute atomic E-state index is 13.1. The zero-order valence-electron chi connectivity index (χ0n) is 17.4. The fraction of sp³-hybridized carbons (Fsp3) is 0.217. The number of carbonyl (C=O) groups excluding carboxylic acids is 2. The number of hydrogen-bond donors (Lipinski definition) is 1. The molecule has 2 aromatic carbocycles. The average molecular weight is 422 g/mol. The van der Waals surface area contributed by atoms with E-state index in [-0.39, 0.29) is 18.1 Å². The number of hydrogen-bond acceptors (Lipinski definition) is 7. The minimum atomic E-state index is -0.785. The van der Waals surface area contributed by atoms with Gasteiger partial charge in [-0.25, -0.2) is 14.2 Å². The Morgan fingerprint density at radius 2 is 1.77 bits per heavy atom. The molecule has 160 valence electrons. The molecule has 0 aliphatic carbocycles. The van der Waals surface area contributed by atoms with E-state index in [0.717, 1.165) is 4.57 Å². The molecule has 0 saturated carbocycles.